The highest BCUT2D eigenvalue weighted by atomic mass is 32.1. The highest BCUT2D eigenvalue weighted by Crippen LogP contribution is 2.29. The van der Waals surface area contributed by atoms with Gasteiger partial charge in [-0.1, -0.05) is 56.2 Å². The third kappa shape index (κ3) is 8.88. The van der Waals surface area contributed by atoms with Crippen LogP contribution < -0.4 is 10.6 Å². The second-order valence-electron chi connectivity index (χ2n) is 11.1. The summed E-state index contributed by atoms with van der Waals surface area (Å²) in [7, 11) is 0. The molecule has 0 aliphatic heterocycles. The summed E-state index contributed by atoms with van der Waals surface area (Å²) in [6.07, 6.45) is 1.68. The summed E-state index contributed by atoms with van der Waals surface area (Å²) >= 11 is 4.35. The van der Waals surface area contributed by atoms with Crippen molar-refractivity contribution < 1.29 is 24.2 Å². The van der Waals surface area contributed by atoms with Gasteiger partial charge in [0.05, 0.1) is 0 Å². The summed E-state index contributed by atoms with van der Waals surface area (Å²) in [4.78, 5) is 42.2. The number of carbonyl (C=O) groups is 3. The number of phenols is 1. The van der Waals surface area contributed by atoms with Crippen LogP contribution in [0, 0.1) is 6.92 Å². The minimum absolute atomic E-state index is 0.00989. The zero-order chi connectivity index (χ0) is 30.2. The number of unbranched alkanes of at least 4 members (excludes halogenated alkanes) is 2. The molecule has 3 rings (SSSR count). The number of anilines is 1. The van der Waals surface area contributed by atoms with Crippen LogP contribution in [0.3, 0.4) is 0 Å². The Labute approximate surface area is 247 Å². The van der Waals surface area contributed by atoms with Crippen LogP contribution in [-0.2, 0) is 14.3 Å². The summed E-state index contributed by atoms with van der Waals surface area (Å²) in [6.45, 7) is 9.29. The van der Waals surface area contributed by atoms with Gasteiger partial charge < -0.3 is 25.4 Å². The Morgan fingerprint density at radius 3 is 2.34 bits per heavy atom. The smallest absolute Gasteiger partial charge is 0.408 e. The van der Waals surface area contributed by atoms with Crippen molar-refractivity contribution in [2.24, 2.45) is 0 Å². The number of carbonyl (C=O) groups excluding carboxylic acids is 3. The maximum Gasteiger partial charge on any atom is 0.408 e. The number of aryl methyl sites for hydroxylation is 1. The maximum absolute atomic E-state index is 14.0. The zero-order valence-corrected chi connectivity index (χ0v) is 25.3. The molecule has 3 aromatic carbocycles. The molecule has 0 aliphatic carbocycles. The molecule has 0 spiro atoms. The summed E-state index contributed by atoms with van der Waals surface area (Å²) in [5.74, 6) is -0.765. The maximum atomic E-state index is 14.0. The van der Waals surface area contributed by atoms with E-state index in [1.807, 2.05) is 42.5 Å². The van der Waals surface area contributed by atoms with Gasteiger partial charge in [0, 0.05) is 18.0 Å². The number of hydrogen-bond acceptors (Lipinski definition) is 6. The van der Waals surface area contributed by atoms with E-state index in [1.54, 1.807) is 39.8 Å². The molecule has 0 aromatic heterocycles. The van der Waals surface area contributed by atoms with Crippen molar-refractivity contribution in [1.82, 2.24) is 10.2 Å². The van der Waals surface area contributed by atoms with Gasteiger partial charge >= 0.3 is 6.09 Å². The fourth-order valence-corrected chi connectivity index (χ4v) is 4.78. The van der Waals surface area contributed by atoms with Crippen LogP contribution >= 0.6 is 12.6 Å². The lowest BCUT2D eigenvalue weighted by Crippen LogP contribution is -2.53. The number of amides is 3. The van der Waals surface area contributed by atoms with Gasteiger partial charge in [-0.25, -0.2) is 4.79 Å². The first-order valence-corrected chi connectivity index (χ1v) is 14.6. The highest BCUT2D eigenvalue weighted by Gasteiger charge is 2.36. The molecule has 0 saturated carbocycles. The quantitative estimate of drug-likeness (QED) is 0.156. The molecular weight excluding hydrogens is 538 g/mol. The van der Waals surface area contributed by atoms with E-state index in [0.717, 1.165) is 23.6 Å². The van der Waals surface area contributed by atoms with E-state index in [4.69, 9.17) is 4.74 Å². The number of ether oxygens (including phenoxy) is 1. The first-order chi connectivity index (χ1) is 19.4. The Balaban J connectivity index is 2.02. The van der Waals surface area contributed by atoms with Crippen molar-refractivity contribution in [3.8, 4) is 5.75 Å². The van der Waals surface area contributed by atoms with Gasteiger partial charge in [0.15, 0.2) is 0 Å². The molecule has 0 saturated heterocycles. The Hall–Kier alpha value is -3.72. The molecule has 0 bridgehead atoms. The van der Waals surface area contributed by atoms with Crippen LogP contribution in [0.1, 0.15) is 64.1 Å². The normalized spacial score (nSPS) is 12.8. The third-order valence-electron chi connectivity index (χ3n) is 6.57. The number of phenolic OH excluding ortho intramolecular Hbond substituents is 1. The lowest BCUT2D eigenvalue weighted by molar-refractivity contribution is -0.140. The molecule has 0 aliphatic rings. The van der Waals surface area contributed by atoms with E-state index in [-0.39, 0.29) is 18.0 Å². The number of alkyl carbamates (subject to hydrolysis) is 1. The van der Waals surface area contributed by atoms with Crippen molar-refractivity contribution in [2.45, 2.75) is 71.6 Å². The zero-order valence-electron chi connectivity index (χ0n) is 24.4. The van der Waals surface area contributed by atoms with E-state index < -0.39 is 35.6 Å². The van der Waals surface area contributed by atoms with Crippen molar-refractivity contribution in [2.75, 3.05) is 17.6 Å². The predicted octanol–water partition coefficient (Wildman–Crippen LogP) is 6.38. The average Bonchev–Trinajstić information content (AvgIpc) is 2.91. The second-order valence-corrected chi connectivity index (χ2v) is 11.5. The van der Waals surface area contributed by atoms with Gasteiger partial charge in [0.1, 0.15) is 23.4 Å². The summed E-state index contributed by atoms with van der Waals surface area (Å²) in [5, 5.41) is 17.8. The highest BCUT2D eigenvalue weighted by molar-refractivity contribution is 7.80. The molecule has 8 nitrogen and oxygen atoms in total. The van der Waals surface area contributed by atoms with E-state index in [0.29, 0.717) is 23.2 Å². The predicted molar refractivity (Wildman–Crippen MR) is 166 cm³/mol. The Kier molecular flexibility index (Phi) is 11.1. The Bertz CT molecular complexity index is 1370. The molecule has 220 valence electrons. The number of hydrogen-bond donors (Lipinski definition) is 4. The summed E-state index contributed by atoms with van der Waals surface area (Å²) in [5.41, 5.74) is 0.956. The lowest BCUT2D eigenvalue weighted by Gasteiger charge is -2.34. The van der Waals surface area contributed by atoms with E-state index in [1.165, 1.54) is 11.0 Å². The van der Waals surface area contributed by atoms with Crippen LogP contribution in [0.15, 0.2) is 60.7 Å². The van der Waals surface area contributed by atoms with Gasteiger partial charge in [-0.3, -0.25) is 9.59 Å². The van der Waals surface area contributed by atoms with Crippen LogP contribution in [0.5, 0.6) is 5.75 Å². The summed E-state index contributed by atoms with van der Waals surface area (Å²) in [6, 6.07) is 16.3. The number of benzene rings is 3. The van der Waals surface area contributed by atoms with Gasteiger partial charge in [-0.2, -0.15) is 12.6 Å². The van der Waals surface area contributed by atoms with Gasteiger partial charge in [-0.05, 0) is 80.3 Å². The minimum atomic E-state index is -1.03. The van der Waals surface area contributed by atoms with Crippen LogP contribution in [0.2, 0.25) is 0 Å². The van der Waals surface area contributed by atoms with Crippen LogP contribution in [0.4, 0.5) is 10.5 Å². The average molecular weight is 580 g/mol. The van der Waals surface area contributed by atoms with Crippen molar-refractivity contribution in [3.63, 3.8) is 0 Å². The number of nitrogens with zero attached hydrogens (tertiary/aromatic N) is 1. The molecule has 9 heteroatoms. The van der Waals surface area contributed by atoms with Gasteiger partial charge in [-0.15, -0.1) is 0 Å². The molecule has 0 heterocycles. The van der Waals surface area contributed by atoms with E-state index >= 15 is 0 Å². The SMILES string of the molecule is CCCCCN(C(=O)C(CS)NC(=O)OC(C)(C)C)C(C(=O)Nc1ccc2ccccc2c1)c1ccc(O)c(C)c1. The molecule has 2 unspecified atom stereocenters. The number of fused-ring (bicyclic) bond motifs is 1. The monoisotopic (exact) mass is 579 g/mol. The third-order valence-corrected chi connectivity index (χ3v) is 6.94. The number of rotatable bonds is 11. The van der Waals surface area contributed by atoms with Crippen LogP contribution in [0.25, 0.3) is 10.8 Å². The number of nitrogens with one attached hydrogen (secondary N) is 2. The summed E-state index contributed by atoms with van der Waals surface area (Å²) < 4.78 is 5.37. The van der Waals surface area contributed by atoms with Crippen LogP contribution in [-0.4, -0.2) is 51.9 Å². The molecular formula is C32H41N3O5S. The Morgan fingerprint density at radius 1 is 1.00 bits per heavy atom. The molecule has 0 fully saturated rings. The van der Waals surface area contributed by atoms with Gasteiger partial charge in [0.2, 0.25) is 5.91 Å². The first kappa shape index (κ1) is 31.8. The molecule has 2 atom stereocenters. The molecule has 41 heavy (non-hydrogen) atoms. The van der Waals surface area contributed by atoms with E-state index in [9.17, 15) is 19.5 Å². The largest absolute Gasteiger partial charge is 0.508 e. The number of thiol groups is 1. The Morgan fingerprint density at radius 2 is 1.71 bits per heavy atom. The first-order valence-electron chi connectivity index (χ1n) is 13.9. The second kappa shape index (κ2) is 14.3. The fraction of sp³-hybridized carbons (Fsp3) is 0.406. The standard InChI is InChI=1S/C32H41N3O5S/c1-6-7-10-17-35(30(38)26(20-41)34-31(39)40-32(3,4)5)28(24-14-16-27(36)21(2)18-24)29(37)33-25-15-13-22-11-8-9-12-23(22)19-25/h8-9,11-16,18-19,26,28,36,41H,6-7,10,17,20H2,1-5H3,(H,33,37)(H,34,39). The molecule has 3 amide bonds. The lowest BCUT2D eigenvalue weighted by atomic mass is 9.99. The fourth-order valence-electron chi connectivity index (χ4n) is 4.53. The van der Waals surface area contributed by atoms with Gasteiger partial charge in [0.25, 0.3) is 5.91 Å². The van der Waals surface area contributed by atoms with Crippen molar-refractivity contribution >= 4 is 47.0 Å². The topological polar surface area (TPSA) is 108 Å². The molecule has 3 aromatic rings. The van der Waals surface area contributed by atoms with Crippen molar-refractivity contribution in [1.29, 1.82) is 0 Å². The molecule has 3 N–H and O–H groups in total. The van der Waals surface area contributed by atoms with Crippen molar-refractivity contribution in [3.05, 3.63) is 71.8 Å². The minimum Gasteiger partial charge on any atom is -0.508 e. The number of aromatic hydroxyl groups is 1. The molecule has 0 radical (unpaired) electrons. The van der Waals surface area contributed by atoms with E-state index in [2.05, 4.69) is 30.2 Å².